The average molecular weight is 314 g/mol. The Hall–Kier alpha value is -2.37. The fourth-order valence-corrected chi connectivity index (χ4v) is 2.42. The first-order valence-electron chi connectivity index (χ1n) is 7.57. The summed E-state index contributed by atoms with van der Waals surface area (Å²) < 4.78 is 0. The van der Waals surface area contributed by atoms with Crippen LogP contribution >= 0.6 is 0 Å². The second kappa shape index (κ2) is 7.76. The molecule has 0 saturated heterocycles. The van der Waals surface area contributed by atoms with Crippen LogP contribution in [0.25, 0.3) is 0 Å². The van der Waals surface area contributed by atoms with Crippen LogP contribution in [0.2, 0.25) is 0 Å². The van der Waals surface area contributed by atoms with Crippen LogP contribution in [0.3, 0.4) is 0 Å². The number of primary amides is 1. The quantitative estimate of drug-likeness (QED) is 0.730. The van der Waals surface area contributed by atoms with Crippen LogP contribution in [-0.2, 0) is 6.54 Å². The molecule has 0 aliphatic carbocycles. The Morgan fingerprint density at radius 2 is 1.91 bits per heavy atom. The van der Waals surface area contributed by atoms with Gasteiger partial charge in [0.25, 0.3) is 0 Å². The van der Waals surface area contributed by atoms with Gasteiger partial charge in [0.2, 0.25) is 5.91 Å². The highest BCUT2D eigenvalue weighted by Gasteiger charge is 2.13. The van der Waals surface area contributed by atoms with E-state index in [2.05, 4.69) is 4.90 Å². The Kier molecular flexibility index (Phi) is 5.73. The summed E-state index contributed by atoms with van der Waals surface area (Å²) in [5.74, 6) is -0.296. The highest BCUT2D eigenvalue weighted by molar-refractivity contribution is 5.92. The summed E-state index contributed by atoms with van der Waals surface area (Å²) in [6.45, 7) is 3.91. The molecule has 1 atom stereocenters. The lowest BCUT2D eigenvalue weighted by Gasteiger charge is -2.24. The van der Waals surface area contributed by atoms with Gasteiger partial charge in [-0.25, -0.2) is 0 Å². The van der Waals surface area contributed by atoms with Crippen LogP contribution in [0.4, 0.5) is 0 Å². The molecule has 0 spiro atoms. The number of rotatable bonds is 7. The van der Waals surface area contributed by atoms with Crippen molar-refractivity contribution in [1.82, 2.24) is 4.90 Å². The molecule has 0 aliphatic rings. The van der Waals surface area contributed by atoms with Crippen molar-refractivity contribution in [2.24, 2.45) is 5.73 Å². The van der Waals surface area contributed by atoms with Gasteiger partial charge in [0, 0.05) is 18.7 Å². The maximum Gasteiger partial charge on any atom is 0.248 e. The summed E-state index contributed by atoms with van der Waals surface area (Å²) >= 11 is 0. The number of carbonyl (C=O) groups is 1. The summed E-state index contributed by atoms with van der Waals surface area (Å²) in [5.41, 5.74) is 7.44. The van der Waals surface area contributed by atoms with Gasteiger partial charge < -0.3 is 15.9 Å². The largest absolute Gasteiger partial charge is 0.508 e. The molecular formula is C18H22N2O3. The zero-order valence-corrected chi connectivity index (χ0v) is 13.1. The minimum absolute atomic E-state index is 0.145. The summed E-state index contributed by atoms with van der Waals surface area (Å²) in [7, 11) is 0. The number of nitrogens with two attached hydrogens (primary N) is 1. The van der Waals surface area contributed by atoms with Gasteiger partial charge in [-0.1, -0.05) is 31.2 Å². The molecule has 1 amide bonds. The second-order valence-electron chi connectivity index (χ2n) is 5.50. The Morgan fingerprint density at radius 3 is 2.48 bits per heavy atom. The molecule has 5 heteroatoms. The van der Waals surface area contributed by atoms with E-state index >= 15 is 0 Å². The van der Waals surface area contributed by atoms with E-state index in [0.717, 1.165) is 12.1 Å². The Bertz CT molecular complexity index is 656. The number of phenolic OH excluding ortho intramolecular Hbond substituents is 1. The topological polar surface area (TPSA) is 86.8 Å². The monoisotopic (exact) mass is 314 g/mol. The van der Waals surface area contributed by atoms with E-state index in [9.17, 15) is 15.0 Å². The standard InChI is InChI=1S/C18H22N2O3/c1-2-20(11-13-6-8-14(9-7-13)18(19)23)12-17(22)15-4-3-5-16(21)10-15/h3-10,17,21-22H,2,11-12H2,1H3,(H2,19,23)/t17-/m1/s1. The van der Waals surface area contributed by atoms with Gasteiger partial charge in [0.15, 0.2) is 0 Å². The van der Waals surface area contributed by atoms with Crippen molar-refractivity contribution in [1.29, 1.82) is 0 Å². The molecule has 0 aromatic heterocycles. The second-order valence-corrected chi connectivity index (χ2v) is 5.50. The van der Waals surface area contributed by atoms with Gasteiger partial charge in [-0.3, -0.25) is 9.69 Å². The van der Waals surface area contributed by atoms with Crippen LogP contribution in [-0.4, -0.2) is 34.1 Å². The van der Waals surface area contributed by atoms with Gasteiger partial charge in [-0.2, -0.15) is 0 Å². The predicted molar refractivity (Wildman–Crippen MR) is 89.0 cm³/mol. The fourth-order valence-electron chi connectivity index (χ4n) is 2.42. The lowest BCUT2D eigenvalue weighted by atomic mass is 10.1. The number of hydrogen-bond donors (Lipinski definition) is 3. The van der Waals surface area contributed by atoms with Gasteiger partial charge in [-0.15, -0.1) is 0 Å². The van der Waals surface area contributed by atoms with E-state index in [1.54, 1.807) is 36.4 Å². The lowest BCUT2D eigenvalue weighted by Crippen LogP contribution is -2.28. The maximum atomic E-state index is 11.1. The molecule has 0 unspecified atom stereocenters. The fraction of sp³-hybridized carbons (Fsp3) is 0.278. The van der Waals surface area contributed by atoms with E-state index in [-0.39, 0.29) is 5.75 Å². The first-order valence-corrected chi connectivity index (χ1v) is 7.57. The molecule has 0 radical (unpaired) electrons. The van der Waals surface area contributed by atoms with E-state index < -0.39 is 12.0 Å². The van der Waals surface area contributed by atoms with Crippen molar-refractivity contribution in [3.05, 3.63) is 65.2 Å². The van der Waals surface area contributed by atoms with Gasteiger partial charge in [0.1, 0.15) is 5.75 Å². The molecule has 0 saturated carbocycles. The minimum Gasteiger partial charge on any atom is -0.508 e. The average Bonchev–Trinajstić information content (AvgIpc) is 2.54. The molecule has 4 N–H and O–H groups in total. The summed E-state index contributed by atoms with van der Waals surface area (Å²) in [4.78, 5) is 13.2. The van der Waals surface area contributed by atoms with Crippen LogP contribution in [0.15, 0.2) is 48.5 Å². The first kappa shape index (κ1) is 17.0. The van der Waals surface area contributed by atoms with Crippen LogP contribution in [0.5, 0.6) is 5.75 Å². The number of nitrogens with zero attached hydrogens (tertiary/aromatic N) is 1. The Morgan fingerprint density at radius 1 is 1.22 bits per heavy atom. The van der Waals surface area contributed by atoms with Crippen LogP contribution in [0, 0.1) is 0 Å². The normalized spacial score (nSPS) is 12.3. The number of aromatic hydroxyl groups is 1. The summed E-state index contributed by atoms with van der Waals surface area (Å²) in [6, 6.07) is 13.8. The molecule has 5 nitrogen and oxygen atoms in total. The van der Waals surface area contributed by atoms with E-state index in [1.807, 2.05) is 19.1 Å². The Balaban J connectivity index is 2.00. The molecule has 0 bridgehead atoms. The zero-order chi connectivity index (χ0) is 16.8. The Labute approximate surface area is 136 Å². The van der Waals surface area contributed by atoms with Crippen molar-refractivity contribution >= 4 is 5.91 Å². The summed E-state index contributed by atoms with van der Waals surface area (Å²) in [5, 5.41) is 19.8. The number of phenols is 1. The summed E-state index contributed by atoms with van der Waals surface area (Å²) in [6.07, 6.45) is -0.674. The number of hydrogen-bond acceptors (Lipinski definition) is 4. The van der Waals surface area contributed by atoms with Gasteiger partial charge in [-0.05, 0) is 41.9 Å². The predicted octanol–water partition coefficient (Wildman–Crippen LogP) is 2.05. The molecule has 0 heterocycles. The molecule has 2 aromatic carbocycles. The molecule has 122 valence electrons. The highest BCUT2D eigenvalue weighted by atomic mass is 16.3. The van der Waals surface area contributed by atoms with Crippen molar-refractivity contribution in [3.63, 3.8) is 0 Å². The van der Waals surface area contributed by atoms with E-state index in [4.69, 9.17) is 5.73 Å². The van der Waals surface area contributed by atoms with E-state index in [0.29, 0.717) is 24.2 Å². The SMILES string of the molecule is CCN(Cc1ccc(C(N)=O)cc1)C[C@@H](O)c1cccc(O)c1. The minimum atomic E-state index is -0.674. The molecule has 23 heavy (non-hydrogen) atoms. The number of amides is 1. The molecular weight excluding hydrogens is 292 g/mol. The number of aliphatic hydroxyl groups is 1. The number of benzene rings is 2. The van der Waals surface area contributed by atoms with Crippen molar-refractivity contribution in [2.45, 2.75) is 19.6 Å². The highest BCUT2D eigenvalue weighted by Crippen LogP contribution is 2.20. The van der Waals surface area contributed by atoms with Crippen molar-refractivity contribution < 1.29 is 15.0 Å². The van der Waals surface area contributed by atoms with E-state index in [1.165, 1.54) is 0 Å². The van der Waals surface area contributed by atoms with Gasteiger partial charge >= 0.3 is 0 Å². The smallest absolute Gasteiger partial charge is 0.248 e. The third-order valence-electron chi connectivity index (χ3n) is 3.78. The van der Waals surface area contributed by atoms with Crippen LogP contribution in [0.1, 0.15) is 34.5 Å². The number of carbonyl (C=O) groups excluding carboxylic acids is 1. The lowest BCUT2D eigenvalue weighted by molar-refractivity contribution is 0.100. The third kappa shape index (κ3) is 4.81. The molecule has 0 fully saturated rings. The first-order chi connectivity index (χ1) is 11.0. The molecule has 2 aromatic rings. The van der Waals surface area contributed by atoms with Crippen molar-refractivity contribution in [2.75, 3.05) is 13.1 Å². The molecule has 2 rings (SSSR count). The number of likely N-dealkylation sites (N-methyl/N-ethyl adjacent to an activating group) is 1. The third-order valence-corrected chi connectivity index (χ3v) is 3.78. The van der Waals surface area contributed by atoms with Gasteiger partial charge in [0.05, 0.1) is 6.10 Å². The zero-order valence-electron chi connectivity index (χ0n) is 13.1. The molecule has 0 aliphatic heterocycles. The van der Waals surface area contributed by atoms with Crippen LogP contribution < -0.4 is 5.73 Å². The number of aliphatic hydroxyl groups excluding tert-OH is 1. The maximum absolute atomic E-state index is 11.1. The van der Waals surface area contributed by atoms with Crippen molar-refractivity contribution in [3.8, 4) is 5.75 Å².